The summed E-state index contributed by atoms with van der Waals surface area (Å²) in [6.45, 7) is 1.10. The van der Waals surface area contributed by atoms with Gasteiger partial charge in [-0.1, -0.05) is 18.2 Å². The van der Waals surface area contributed by atoms with E-state index >= 15 is 0 Å². The minimum atomic E-state index is 0.808. The average molecular weight is 233 g/mol. The van der Waals surface area contributed by atoms with Crippen LogP contribution >= 0.6 is 11.8 Å². The van der Waals surface area contributed by atoms with E-state index in [2.05, 4.69) is 48.0 Å². The van der Waals surface area contributed by atoms with E-state index in [0.29, 0.717) is 0 Å². The summed E-state index contributed by atoms with van der Waals surface area (Å²) in [7, 11) is 0. The minimum Gasteiger partial charge on any atom is -0.385 e. The van der Waals surface area contributed by atoms with Crippen LogP contribution in [0.15, 0.2) is 41.3 Å². The van der Waals surface area contributed by atoms with E-state index in [1.54, 1.807) is 11.8 Å². The summed E-state index contributed by atoms with van der Waals surface area (Å²) in [5.41, 5.74) is 1.25. The van der Waals surface area contributed by atoms with Gasteiger partial charge in [-0.3, -0.25) is 0 Å². The predicted molar refractivity (Wildman–Crippen MR) is 73.2 cm³/mol. The molecule has 1 aliphatic carbocycles. The summed E-state index contributed by atoms with van der Waals surface area (Å²) in [4.78, 5) is 1.33. The van der Waals surface area contributed by atoms with E-state index in [0.717, 1.165) is 12.5 Å². The zero-order valence-corrected chi connectivity index (χ0v) is 10.6. The van der Waals surface area contributed by atoms with Crippen LogP contribution in [0.4, 0.5) is 5.69 Å². The van der Waals surface area contributed by atoms with Gasteiger partial charge in [-0.25, -0.2) is 0 Å². The van der Waals surface area contributed by atoms with E-state index in [1.807, 2.05) is 0 Å². The largest absolute Gasteiger partial charge is 0.385 e. The molecule has 0 aliphatic heterocycles. The standard InChI is InChI=1S/C14H19NS/c1-16-14-9-5-8-13(10-14)15-11-12-6-3-2-4-7-12/h2-3,5,8-10,12,15H,4,6-7,11H2,1H3. The summed E-state index contributed by atoms with van der Waals surface area (Å²) < 4.78 is 0. The zero-order chi connectivity index (χ0) is 11.2. The molecular formula is C14H19NS. The fourth-order valence-electron chi connectivity index (χ4n) is 2.04. The molecule has 0 amide bonds. The second-order valence-corrected chi connectivity index (χ2v) is 5.14. The topological polar surface area (TPSA) is 12.0 Å². The van der Waals surface area contributed by atoms with Crippen molar-refractivity contribution in [2.75, 3.05) is 18.1 Å². The Morgan fingerprint density at radius 3 is 3.06 bits per heavy atom. The van der Waals surface area contributed by atoms with Gasteiger partial charge in [0.15, 0.2) is 0 Å². The Morgan fingerprint density at radius 2 is 2.31 bits per heavy atom. The average Bonchev–Trinajstić information content (AvgIpc) is 2.38. The summed E-state index contributed by atoms with van der Waals surface area (Å²) >= 11 is 1.79. The van der Waals surface area contributed by atoms with Crippen LogP contribution < -0.4 is 5.32 Å². The van der Waals surface area contributed by atoms with Gasteiger partial charge in [0.05, 0.1) is 0 Å². The van der Waals surface area contributed by atoms with Crippen LogP contribution in [0.25, 0.3) is 0 Å². The normalized spacial score (nSPS) is 19.7. The molecule has 1 aromatic carbocycles. The highest BCUT2D eigenvalue weighted by atomic mass is 32.2. The number of hydrogen-bond acceptors (Lipinski definition) is 2. The van der Waals surface area contributed by atoms with Crippen molar-refractivity contribution in [3.8, 4) is 0 Å². The molecule has 1 nitrogen and oxygen atoms in total. The smallest absolute Gasteiger partial charge is 0.0351 e. The summed E-state index contributed by atoms with van der Waals surface area (Å²) in [6.07, 6.45) is 10.5. The number of allylic oxidation sites excluding steroid dienone is 2. The zero-order valence-electron chi connectivity index (χ0n) is 9.78. The molecule has 0 radical (unpaired) electrons. The van der Waals surface area contributed by atoms with Crippen molar-refractivity contribution in [2.24, 2.45) is 5.92 Å². The van der Waals surface area contributed by atoms with Gasteiger partial charge in [0.25, 0.3) is 0 Å². The maximum absolute atomic E-state index is 3.54. The lowest BCUT2D eigenvalue weighted by Gasteiger charge is -2.19. The van der Waals surface area contributed by atoms with Crippen LogP contribution in [0.1, 0.15) is 19.3 Å². The summed E-state index contributed by atoms with van der Waals surface area (Å²) in [6, 6.07) is 8.65. The van der Waals surface area contributed by atoms with E-state index in [4.69, 9.17) is 0 Å². The molecule has 1 unspecified atom stereocenters. The molecule has 2 heteroatoms. The molecule has 0 heterocycles. The van der Waals surface area contributed by atoms with Crippen molar-refractivity contribution in [3.63, 3.8) is 0 Å². The third-order valence-electron chi connectivity index (χ3n) is 3.04. The molecule has 1 atom stereocenters. The van der Waals surface area contributed by atoms with E-state index in [-0.39, 0.29) is 0 Å². The first-order valence-corrected chi connectivity index (χ1v) is 7.14. The Labute approximate surface area is 102 Å². The van der Waals surface area contributed by atoms with Gasteiger partial charge >= 0.3 is 0 Å². The van der Waals surface area contributed by atoms with Gasteiger partial charge in [0, 0.05) is 17.1 Å². The number of rotatable bonds is 4. The Balaban J connectivity index is 1.86. The highest BCUT2D eigenvalue weighted by molar-refractivity contribution is 7.98. The number of nitrogens with one attached hydrogen (secondary N) is 1. The van der Waals surface area contributed by atoms with Crippen molar-refractivity contribution < 1.29 is 0 Å². The first-order valence-electron chi connectivity index (χ1n) is 5.91. The van der Waals surface area contributed by atoms with Crippen LogP contribution in [0.3, 0.4) is 0 Å². The molecule has 16 heavy (non-hydrogen) atoms. The maximum atomic E-state index is 3.54. The number of hydrogen-bond donors (Lipinski definition) is 1. The van der Waals surface area contributed by atoms with Crippen LogP contribution in [-0.4, -0.2) is 12.8 Å². The molecule has 0 fully saturated rings. The molecule has 86 valence electrons. The molecule has 1 aliphatic rings. The summed E-state index contributed by atoms with van der Waals surface area (Å²) in [5.74, 6) is 0.808. The predicted octanol–water partition coefficient (Wildman–Crippen LogP) is 4.18. The number of thioether (sulfide) groups is 1. The lowest BCUT2D eigenvalue weighted by Crippen LogP contribution is -2.15. The number of benzene rings is 1. The van der Waals surface area contributed by atoms with E-state index < -0.39 is 0 Å². The fourth-order valence-corrected chi connectivity index (χ4v) is 2.50. The SMILES string of the molecule is CSc1cccc(NCC2CC=CCC2)c1. The molecule has 1 aromatic rings. The minimum absolute atomic E-state index is 0.808. The first-order chi connectivity index (χ1) is 7.88. The monoisotopic (exact) mass is 233 g/mol. The van der Waals surface area contributed by atoms with Crippen molar-refractivity contribution in [1.82, 2.24) is 0 Å². The second kappa shape index (κ2) is 6.00. The highest BCUT2D eigenvalue weighted by Crippen LogP contribution is 2.21. The Hall–Kier alpha value is -0.890. The van der Waals surface area contributed by atoms with Crippen LogP contribution in [0.5, 0.6) is 0 Å². The Kier molecular flexibility index (Phi) is 4.34. The molecular weight excluding hydrogens is 214 g/mol. The van der Waals surface area contributed by atoms with Crippen molar-refractivity contribution in [1.29, 1.82) is 0 Å². The molecule has 0 spiro atoms. The van der Waals surface area contributed by atoms with Crippen molar-refractivity contribution in [2.45, 2.75) is 24.2 Å². The van der Waals surface area contributed by atoms with Crippen LogP contribution in [0.2, 0.25) is 0 Å². The first kappa shape index (κ1) is 11.6. The lowest BCUT2D eigenvalue weighted by molar-refractivity contribution is 0.504. The number of anilines is 1. The van der Waals surface area contributed by atoms with Crippen LogP contribution in [-0.2, 0) is 0 Å². The molecule has 0 saturated heterocycles. The Morgan fingerprint density at radius 1 is 1.38 bits per heavy atom. The second-order valence-electron chi connectivity index (χ2n) is 4.26. The molecule has 0 aromatic heterocycles. The van der Waals surface area contributed by atoms with Gasteiger partial charge in [0.2, 0.25) is 0 Å². The molecule has 1 N–H and O–H groups in total. The van der Waals surface area contributed by atoms with E-state index in [1.165, 1.54) is 29.8 Å². The third-order valence-corrected chi connectivity index (χ3v) is 3.77. The van der Waals surface area contributed by atoms with Gasteiger partial charge in [-0.15, -0.1) is 11.8 Å². The van der Waals surface area contributed by atoms with Crippen molar-refractivity contribution in [3.05, 3.63) is 36.4 Å². The lowest BCUT2D eigenvalue weighted by atomic mass is 9.94. The maximum Gasteiger partial charge on any atom is 0.0351 e. The summed E-state index contributed by atoms with van der Waals surface area (Å²) in [5, 5.41) is 3.54. The van der Waals surface area contributed by atoms with Gasteiger partial charge in [0.1, 0.15) is 0 Å². The fraction of sp³-hybridized carbons (Fsp3) is 0.429. The highest BCUT2D eigenvalue weighted by Gasteiger charge is 2.09. The van der Waals surface area contributed by atoms with Gasteiger partial charge in [-0.2, -0.15) is 0 Å². The van der Waals surface area contributed by atoms with Gasteiger partial charge in [-0.05, 0) is 49.6 Å². The van der Waals surface area contributed by atoms with Crippen molar-refractivity contribution >= 4 is 17.4 Å². The molecule has 0 bridgehead atoms. The molecule has 0 saturated carbocycles. The Bertz CT molecular complexity index is 360. The van der Waals surface area contributed by atoms with Gasteiger partial charge < -0.3 is 5.32 Å². The quantitative estimate of drug-likeness (QED) is 0.618. The third kappa shape index (κ3) is 3.31. The molecule has 2 rings (SSSR count). The van der Waals surface area contributed by atoms with E-state index in [9.17, 15) is 0 Å². The van der Waals surface area contributed by atoms with Crippen LogP contribution in [0, 0.1) is 5.92 Å².